The average Bonchev–Trinajstić information content (AvgIpc) is 2.73. The summed E-state index contributed by atoms with van der Waals surface area (Å²) in [5.74, 6) is 0. The topological polar surface area (TPSA) is 63.4 Å². The van der Waals surface area contributed by atoms with Gasteiger partial charge in [0.25, 0.3) is 10.0 Å². The molecule has 1 aromatic rings. The molecule has 1 unspecified atom stereocenters. The van der Waals surface area contributed by atoms with Crippen molar-refractivity contribution in [3.63, 3.8) is 0 Å². The largest absolute Gasteiger partial charge is 0.326 e. The van der Waals surface area contributed by atoms with Crippen molar-refractivity contribution in [2.45, 2.75) is 36.1 Å². The van der Waals surface area contributed by atoms with E-state index in [0.717, 1.165) is 4.47 Å². The van der Waals surface area contributed by atoms with Gasteiger partial charge in [-0.15, -0.1) is 11.3 Å². The highest BCUT2D eigenvalue weighted by Crippen LogP contribution is 2.35. The van der Waals surface area contributed by atoms with Crippen LogP contribution in [0.5, 0.6) is 0 Å². The zero-order chi connectivity index (χ0) is 12.8. The van der Waals surface area contributed by atoms with Gasteiger partial charge in [-0.25, -0.2) is 8.42 Å². The lowest BCUT2D eigenvalue weighted by Crippen LogP contribution is -2.50. The molecule has 1 aliphatic rings. The third kappa shape index (κ3) is 2.19. The van der Waals surface area contributed by atoms with Crippen molar-refractivity contribution in [3.05, 3.63) is 15.9 Å². The van der Waals surface area contributed by atoms with E-state index < -0.39 is 15.6 Å². The van der Waals surface area contributed by atoms with Crippen LogP contribution in [0.2, 0.25) is 0 Å². The number of thiophene rings is 1. The maximum Gasteiger partial charge on any atom is 0.253 e. The molecule has 2 rings (SSSR count). The van der Waals surface area contributed by atoms with Crippen molar-refractivity contribution in [2.24, 2.45) is 5.73 Å². The lowest BCUT2D eigenvalue weighted by atomic mass is 9.98. The quantitative estimate of drug-likeness (QED) is 0.897. The van der Waals surface area contributed by atoms with E-state index in [1.807, 2.05) is 13.8 Å². The zero-order valence-corrected chi connectivity index (χ0v) is 12.9. The molecule has 1 atom stereocenters. The summed E-state index contributed by atoms with van der Waals surface area (Å²) in [6.45, 7) is 4.25. The Labute approximate surface area is 114 Å². The molecular formula is C10H15BrN2O2S2. The molecule has 4 nitrogen and oxygen atoms in total. The molecule has 0 spiro atoms. The van der Waals surface area contributed by atoms with Crippen molar-refractivity contribution in [1.29, 1.82) is 0 Å². The van der Waals surface area contributed by atoms with E-state index in [0.29, 0.717) is 17.2 Å². The van der Waals surface area contributed by atoms with Crippen molar-refractivity contribution in [3.8, 4) is 0 Å². The molecular weight excluding hydrogens is 324 g/mol. The maximum atomic E-state index is 12.5. The van der Waals surface area contributed by atoms with E-state index in [2.05, 4.69) is 15.9 Å². The van der Waals surface area contributed by atoms with E-state index in [1.54, 1.807) is 11.4 Å². The van der Waals surface area contributed by atoms with Crippen LogP contribution in [0.4, 0.5) is 0 Å². The number of rotatable bonds is 2. The summed E-state index contributed by atoms with van der Waals surface area (Å²) < 4.78 is 27.6. The first-order valence-corrected chi connectivity index (χ1v) is 8.40. The van der Waals surface area contributed by atoms with Crippen LogP contribution in [0.15, 0.2) is 20.1 Å². The molecule has 0 saturated carbocycles. The predicted molar refractivity (Wildman–Crippen MR) is 72.6 cm³/mol. The van der Waals surface area contributed by atoms with Crippen molar-refractivity contribution >= 4 is 37.3 Å². The van der Waals surface area contributed by atoms with Gasteiger partial charge in [0, 0.05) is 28.0 Å². The Balaban J connectivity index is 2.41. The van der Waals surface area contributed by atoms with Crippen LogP contribution in [0, 0.1) is 0 Å². The third-order valence-electron chi connectivity index (χ3n) is 3.28. The fraction of sp³-hybridized carbons (Fsp3) is 0.600. The van der Waals surface area contributed by atoms with Gasteiger partial charge in [-0.2, -0.15) is 4.31 Å². The van der Waals surface area contributed by atoms with Gasteiger partial charge in [-0.1, -0.05) is 0 Å². The number of sulfonamides is 1. The standard InChI is InChI=1S/C10H15BrN2O2S2/c1-10(2)8(12)3-4-13(10)17(14,15)9-5-7(11)6-16-9/h5-6,8H,3-4,12H2,1-2H3. The molecule has 0 aromatic carbocycles. The molecule has 2 N–H and O–H groups in total. The highest BCUT2D eigenvalue weighted by Gasteiger charge is 2.46. The average molecular weight is 339 g/mol. The molecule has 1 aliphatic heterocycles. The first-order valence-electron chi connectivity index (χ1n) is 5.28. The Morgan fingerprint density at radius 3 is 2.65 bits per heavy atom. The summed E-state index contributed by atoms with van der Waals surface area (Å²) >= 11 is 4.50. The van der Waals surface area contributed by atoms with Gasteiger partial charge in [0.15, 0.2) is 0 Å². The van der Waals surface area contributed by atoms with Crippen LogP contribution in [0.3, 0.4) is 0 Å². The van der Waals surface area contributed by atoms with Crippen molar-refractivity contribution in [2.75, 3.05) is 6.54 Å². The molecule has 96 valence electrons. The zero-order valence-electron chi connectivity index (χ0n) is 9.68. The third-order valence-corrected chi connectivity index (χ3v) is 7.54. The molecule has 2 heterocycles. The van der Waals surface area contributed by atoms with Gasteiger partial charge < -0.3 is 5.73 Å². The highest BCUT2D eigenvalue weighted by atomic mass is 79.9. The fourth-order valence-electron chi connectivity index (χ4n) is 2.05. The van der Waals surface area contributed by atoms with Gasteiger partial charge in [-0.3, -0.25) is 0 Å². The number of nitrogens with zero attached hydrogens (tertiary/aromatic N) is 1. The number of halogens is 1. The molecule has 7 heteroatoms. The Bertz CT molecular complexity index is 524. The van der Waals surface area contributed by atoms with Crippen molar-refractivity contribution < 1.29 is 8.42 Å². The van der Waals surface area contributed by atoms with E-state index in [4.69, 9.17) is 5.73 Å². The predicted octanol–water partition coefficient (Wildman–Crippen LogP) is 2.01. The van der Waals surface area contributed by atoms with Crippen molar-refractivity contribution in [1.82, 2.24) is 4.31 Å². The summed E-state index contributed by atoms with van der Waals surface area (Å²) in [7, 11) is -3.42. The van der Waals surface area contributed by atoms with Crippen LogP contribution >= 0.6 is 27.3 Å². The normalized spacial score (nSPS) is 25.3. The first-order chi connectivity index (χ1) is 7.76. The van der Waals surface area contributed by atoms with E-state index in [1.165, 1.54) is 15.6 Å². The van der Waals surface area contributed by atoms with E-state index in [9.17, 15) is 8.42 Å². The second-order valence-corrected chi connectivity index (χ2v) is 8.63. The summed E-state index contributed by atoms with van der Waals surface area (Å²) in [6, 6.07) is 1.53. The second kappa shape index (κ2) is 4.31. The second-order valence-electron chi connectivity index (χ2n) is 4.71. The molecule has 0 bridgehead atoms. The smallest absolute Gasteiger partial charge is 0.253 e. The Morgan fingerprint density at radius 1 is 1.59 bits per heavy atom. The Morgan fingerprint density at radius 2 is 2.24 bits per heavy atom. The fourth-order valence-corrected chi connectivity index (χ4v) is 5.85. The summed E-state index contributed by atoms with van der Waals surface area (Å²) in [6.07, 6.45) is 0.707. The Hall–Kier alpha value is 0.0500. The van der Waals surface area contributed by atoms with Crippen LogP contribution in [0.1, 0.15) is 20.3 Å². The minimum Gasteiger partial charge on any atom is -0.326 e. The molecule has 0 radical (unpaired) electrons. The van der Waals surface area contributed by atoms with E-state index in [-0.39, 0.29) is 6.04 Å². The summed E-state index contributed by atoms with van der Waals surface area (Å²) in [4.78, 5) is 0. The van der Waals surface area contributed by atoms with Gasteiger partial charge in [0.05, 0.1) is 0 Å². The van der Waals surface area contributed by atoms with E-state index >= 15 is 0 Å². The molecule has 17 heavy (non-hydrogen) atoms. The SMILES string of the molecule is CC1(C)C(N)CCN1S(=O)(=O)c1cc(Br)cs1. The minimum absolute atomic E-state index is 0.110. The lowest BCUT2D eigenvalue weighted by molar-refractivity contribution is 0.270. The summed E-state index contributed by atoms with van der Waals surface area (Å²) in [5.41, 5.74) is 5.45. The Kier molecular flexibility index (Phi) is 3.42. The van der Waals surface area contributed by atoms with Crippen LogP contribution in [-0.4, -0.2) is 30.8 Å². The van der Waals surface area contributed by atoms with Gasteiger partial charge >= 0.3 is 0 Å². The molecule has 0 amide bonds. The first kappa shape index (κ1) is 13.5. The molecule has 1 fully saturated rings. The maximum absolute atomic E-state index is 12.5. The molecule has 0 aliphatic carbocycles. The highest BCUT2D eigenvalue weighted by molar-refractivity contribution is 9.10. The number of hydrogen-bond acceptors (Lipinski definition) is 4. The molecule has 1 saturated heterocycles. The van der Waals surface area contributed by atoms with Gasteiger partial charge in [0.1, 0.15) is 4.21 Å². The van der Waals surface area contributed by atoms with Gasteiger partial charge in [0.2, 0.25) is 0 Å². The van der Waals surface area contributed by atoms with Crippen LogP contribution < -0.4 is 5.73 Å². The van der Waals surface area contributed by atoms with Crippen LogP contribution in [0.25, 0.3) is 0 Å². The number of hydrogen-bond donors (Lipinski definition) is 1. The lowest BCUT2D eigenvalue weighted by Gasteiger charge is -2.32. The molecule has 1 aromatic heterocycles. The monoisotopic (exact) mass is 338 g/mol. The number of nitrogens with two attached hydrogens (primary N) is 1. The van der Waals surface area contributed by atoms with Gasteiger partial charge in [-0.05, 0) is 42.3 Å². The minimum atomic E-state index is -3.42. The van der Waals surface area contributed by atoms with Crippen LogP contribution in [-0.2, 0) is 10.0 Å². The summed E-state index contributed by atoms with van der Waals surface area (Å²) in [5, 5.41) is 1.77.